The molecule has 0 saturated heterocycles. The van der Waals surface area contributed by atoms with Crippen LogP contribution in [-0.2, 0) is 6.42 Å². The Morgan fingerprint density at radius 3 is 2.72 bits per heavy atom. The highest BCUT2D eigenvalue weighted by Crippen LogP contribution is 2.15. The van der Waals surface area contributed by atoms with Crippen molar-refractivity contribution in [3.8, 4) is 0 Å². The number of hydrogen-bond acceptors (Lipinski definition) is 3. The molecule has 0 saturated carbocycles. The maximum Gasteiger partial charge on any atom is 0.0416 e. The molecule has 3 heteroatoms. The number of rotatable bonds is 8. The summed E-state index contributed by atoms with van der Waals surface area (Å²) in [5, 5.41) is 3.43. The van der Waals surface area contributed by atoms with E-state index < -0.39 is 0 Å². The lowest BCUT2D eigenvalue weighted by Crippen LogP contribution is -2.39. The Labute approximate surface area is 112 Å². The van der Waals surface area contributed by atoms with Crippen LogP contribution >= 0.6 is 0 Å². The van der Waals surface area contributed by atoms with Crippen LogP contribution in [0.15, 0.2) is 24.4 Å². The van der Waals surface area contributed by atoms with E-state index in [-0.39, 0.29) is 0 Å². The largest absolute Gasteiger partial charge is 0.316 e. The summed E-state index contributed by atoms with van der Waals surface area (Å²) < 4.78 is 0. The summed E-state index contributed by atoms with van der Waals surface area (Å²) in [6, 6.07) is 6.11. The van der Waals surface area contributed by atoms with Gasteiger partial charge >= 0.3 is 0 Å². The van der Waals surface area contributed by atoms with Crippen LogP contribution in [0.5, 0.6) is 0 Å². The lowest BCUT2D eigenvalue weighted by atomic mass is 9.92. The lowest BCUT2D eigenvalue weighted by Gasteiger charge is -2.30. The van der Waals surface area contributed by atoms with Crippen LogP contribution < -0.4 is 5.32 Å². The van der Waals surface area contributed by atoms with Gasteiger partial charge in [0.1, 0.15) is 0 Å². The second kappa shape index (κ2) is 7.49. The number of nitrogens with zero attached hydrogens (tertiary/aromatic N) is 2. The first-order valence-corrected chi connectivity index (χ1v) is 6.83. The number of pyridine rings is 1. The Morgan fingerprint density at radius 2 is 2.11 bits per heavy atom. The fraction of sp³-hybridized carbons (Fsp3) is 0.667. The van der Waals surface area contributed by atoms with E-state index >= 15 is 0 Å². The highest BCUT2D eigenvalue weighted by atomic mass is 15.1. The quantitative estimate of drug-likeness (QED) is 0.765. The molecule has 0 unspecified atom stereocenters. The third-order valence-corrected chi connectivity index (χ3v) is 3.03. The van der Waals surface area contributed by atoms with E-state index in [1.165, 1.54) is 5.69 Å². The Morgan fingerprint density at radius 1 is 1.33 bits per heavy atom. The molecule has 0 aliphatic heterocycles. The maximum atomic E-state index is 4.36. The Bertz CT molecular complexity index is 322. The van der Waals surface area contributed by atoms with Crippen LogP contribution in [0.3, 0.4) is 0 Å². The van der Waals surface area contributed by atoms with E-state index in [9.17, 15) is 0 Å². The summed E-state index contributed by atoms with van der Waals surface area (Å²) in [5.41, 5.74) is 1.49. The van der Waals surface area contributed by atoms with Crippen molar-refractivity contribution in [2.45, 2.75) is 27.2 Å². The Hall–Kier alpha value is -0.930. The molecule has 0 aliphatic carbocycles. The van der Waals surface area contributed by atoms with Gasteiger partial charge in [-0.25, -0.2) is 0 Å². The van der Waals surface area contributed by atoms with Gasteiger partial charge in [-0.2, -0.15) is 0 Å². The molecule has 0 amide bonds. The van der Waals surface area contributed by atoms with E-state index in [4.69, 9.17) is 0 Å². The van der Waals surface area contributed by atoms with Crippen LogP contribution in [0.2, 0.25) is 0 Å². The molecule has 0 aliphatic rings. The molecule has 1 heterocycles. The summed E-state index contributed by atoms with van der Waals surface area (Å²) in [6.45, 7) is 11.1. The molecule has 18 heavy (non-hydrogen) atoms. The molecule has 0 atom stereocenters. The smallest absolute Gasteiger partial charge is 0.0416 e. The standard InChI is InChI=1S/C15H27N3/c1-5-16-12-15(2,3)13-18(4)11-9-14-8-6-7-10-17-14/h6-8,10,16H,5,9,11-13H2,1-4H3. The minimum atomic E-state index is 0.314. The van der Waals surface area contributed by atoms with Gasteiger partial charge in [0, 0.05) is 37.9 Å². The molecule has 3 nitrogen and oxygen atoms in total. The topological polar surface area (TPSA) is 28.2 Å². The zero-order valence-electron chi connectivity index (χ0n) is 12.2. The lowest BCUT2D eigenvalue weighted by molar-refractivity contribution is 0.206. The molecule has 0 spiro atoms. The number of nitrogens with one attached hydrogen (secondary N) is 1. The van der Waals surface area contributed by atoms with Crippen molar-refractivity contribution in [2.75, 3.05) is 33.2 Å². The molecule has 102 valence electrons. The highest BCUT2D eigenvalue weighted by molar-refractivity contribution is 5.03. The van der Waals surface area contributed by atoms with Gasteiger partial charge < -0.3 is 10.2 Å². The van der Waals surface area contributed by atoms with Gasteiger partial charge in [0.2, 0.25) is 0 Å². The van der Waals surface area contributed by atoms with E-state index in [0.29, 0.717) is 5.41 Å². The highest BCUT2D eigenvalue weighted by Gasteiger charge is 2.19. The molecule has 0 aromatic carbocycles. The van der Waals surface area contributed by atoms with Crippen LogP contribution in [0.1, 0.15) is 26.5 Å². The fourth-order valence-corrected chi connectivity index (χ4v) is 2.18. The molecular weight excluding hydrogens is 222 g/mol. The molecular formula is C15H27N3. The van der Waals surface area contributed by atoms with Gasteiger partial charge in [0.05, 0.1) is 0 Å². The molecule has 0 radical (unpaired) electrons. The van der Waals surface area contributed by atoms with Gasteiger partial charge in [0.25, 0.3) is 0 Å². The third-order valence-electron chi connectivity index (χ3n) is 3.03. The molecule has 1 rings (SSSR count). The summed E-state index contributed by atoms with van der Waals surface area (Å²) in [4.78, 5) is 6.75. The monoisotopic (exact) mass is 249 g/mol. The Kier molecular flexibility index (Phi) is 6.30. The van der Waals surface area contributed by atoms with Crippen LogP contribution in [0.25, 0.3) is 0 Å². The van der Waals surface area contributed by atoms with Crippen LogP contribution in [0.4, 0.5) is 0 Å². The molecule has 1 aromatic rings. The van der Waals surface area contributed by atoms with Crippen molar-refractivity contribution in [1.82, 2.24) is 15.2 Å². The van der Waals surface area contributed by atoms with Gasteiger partial charge in [-0.15, -0.1) is 0 Å². The normalized spacial score (nSPS) is 12.1. The average Bonchev–Trinajstić information content (AvgIpc) is 2.35. The number of hydrogen-bond donors (Lipinski definition) is 1. The van der Waals surface area contributed by atoms with Crippen molar-refractivity contribution < 1.29 is 0 Å². The molecule has 0 fully saturated rings. The van der Waals surface area contributed by atoms with Crippen molar-refractivity contribution >= 4 is 0 Å². The van der Waals surface area contributed by atoms with Crippen LogP contribution in [0, 0.1) is 5.41 Å². The summed E-state index contributed by atoms with van der Waals surface area (Å²) in [7, 11) is 2.19. The van der Waals surface area contributed by atoms with Gasteiger partial charge in [-0.05, 0) is 31.1 Å². The van der Waals surface area contributed by atoms with Gasteiger partial charge in [-0.3, -0.25) is 4.98 Å². The second-order valence-corrected chi connectivity index (χ2v) is 5.75. The first-order valence-electron chi connectivity index (χ1n) is 6.83. The first-order chi connectivity index (χ1) is 8.53. The van der Waals surface area contributed by atoms with E-state index in [1.54, 1.807) is 0 Å². The zero-order valence-corrected chi connectivity index (χ0v) is 12.2. The summed E-state index contributed by atoms with van der Waals surface area (Å²) >= 11 is 0. The SMILES string of the molecule is CCNCC(C)(C)CN(C)CCc1ccccn1. The minimum absolute atomic E-state index is 0.314. The number of aromatic nitrogens is 1. The molecule has 0 bridgehead atoms. The van der Waals surface area contributed by atoms with E-state index in [0.717, 1.165) is 32.6 Å². The van der Waals surface area contributed by atoms with Crippen molar-refractivity contribution in [3.05, 3.63) is 30.1 Å². The predicted octanol–water partition coefficient (Wildman–Crippen LogP) is 2.19. The van der Waals surface area contributed by atoms with E-state index in [2.05, 4.69) is 55.2 Å². The zero-order chi connectivity index (χ0) is 13.4. The van der Waals surface area contributed by atoms with E-state index in [1.807, 2.05) is 12.3 Å². The van der Waals surface area contributed by atoms with Gasteiger partial charge in [0.15, 0.2) is 0 Å². The average molecular weight is 249 g/mol. The minimum Gasteiger partial charge on any atom is -0.316 e. The molecule has 1 N–H and O–H groups in total. The maximum absolute atomic E-state index is 4.36. The summed E-state index contributed by atoms with van der Waals surface area (Å²) in [5.74, 6) is 0. The van der Waals surface area contributed by atoms with Gasteiger partial charge in [-0.1, -0.05) is 26.8 Å². The molecule has 1 aromatic heterocycles. The fourth-order valence-electron chi connectivity index (χ4n) is 2.18. The van der Waals surface area contributed by atoms with Crippen molar-refractivity contribution in [3.63, 3.8) is 0 Å². The summed E-state index contributed by atoms with van der Waals surface area (Å²) in [6.07, 6.45) is 2.89. The Balaban J connectivity index is 2.30. The second-order valence-electron chi connectivity index (χ2n) is 5.75. The van der Waals surface area contributed by atoms with Crippen molar-refractivity contribution in [1.29, 1.82) is 0 Å². The van der Waals surface area contributed by atoms with Crippen LogP contribution in [-0.4, -0.2) is 43.1 Å². The van der Waals surface area contributed by atoms with Crippen molar-refractivity contribution in [2.24, 2.45) is 5.41 Å². The predicted molar refractivity (Wildman–Crippen MR) is 77.8 cm³/mol. The third kappa shape index (κ3) is 6.12. The first kappa shape index (κ1) is 15.1. The number of likely N-dealkylation sites (N-methyl/N-ethyl adjacent to an activating group) is 1.